The fraction of sp³-hybridized carbons (Fsp3) is 0.556. The molecule has 0 aromatic heterocycles. The summed E-state index contributed by atoms with van der Waals surface area (Å²) in [6, 6.07) is 5.16. The van der Waals surface area contributed by atoms with E-state index in [9.17, 15) is 49.5 Å². The van der Waals surface area contributed by atoms with Crippen LogP contribution in [-0.2, 0) is 30.4 Å². The minimum atomic E-state index is -1.26. The summed E-state index contributed by atoms with van der Waals surface area (Å²) >= 11 is 5.06. The van der Waals surface area contributed by atoms with E-state index in [1.54, 1.807) is 36.1 Å². The van der Waals surface area contributed by atoms with Crippen LogP contribution in [-0.4, -0.2) is 132 Å². The summed E-state index contributed by atoms with van der Waals surface area (Å²) in [5, 5.41) is 50.8. The van der Waals surface area contributed by atoms with Crippen molar-refractivity contribution in [3.8, 4) is 0 Å². The summed E-state index contributed by atoms with van der Waals surface area (Å²) in [4.78, 5) is 63.3. The van der Waals surface area contributed by atoms with E-state index in [-0.39, 0.29) is 13.0 Å². The Morgan fingerprint density at radius 2 is 1.19 bits per heavy atom. The van der Waals surface area contributed by atoms with E-state index in [0.29, 0.717) is 30.7 Å². The lowest BCUT2D eigenvalue weighted by Crippen LogP contribution is -2.59. The van der Waals surface area contributed by atoms with Gasteiger partial charge in [-0.05, 0) is 43.9 Å². The molecule has 0 amide bonds. The first-order valence-corrected chi connectivity index (χ1v) is 13.8. The number of thiocarbonyl (C=S) groups is 1. The van der Waals surface area contributed by atoms with Crippen LogP contribution in [0.4, 0.5) is 5.69 Å². The third kappa shape index (κ3) is 12.1. The zero-order valence-corrected chi connectivity index (χ0v) is 24.2. The van der Waals surface area contributed by atoms with Crippen molar-refractivity contribution >= 4 is 52.7 Å². The largest absolute Gasteiger partial charge is 0.480 e. The first-order valence-electron chi connectivity index (χ1n) is 13.4. The Labute approximate surface area is 248 Å². The molecule has 14 nitrogen and oxygen atoms in total. The Balaban J connectivity index is 2.49. The van der Waals surface area contributed by atoms with E-state index in [1.807, 2.05) is 0 Å². The molecule has 0 saturated heterocycles. The van der Waals surface area contributed by atoms with Gasteiger partial charge in [-0.2, -0.15) is 0 Å². The highest BCUT2D eigenvalue weighted by Crippen LogP contribution is 2.28. The molecule has 1 aliphatic carbocycles. The smallest absolute Gasteiger partial charge is 0.317 e. The molecule has 0 heterocycles. The van der Waals surface area contributed by atoms with Crippen molar-refractivity contribution in [3.05, 3.63) is 29.8 Å². The summed E-state index contributed by atoms with van der Waals surface area (Å²) < 4.78 is 0. The van der Waals surface area contributed by atoms with Crippen molar-refractivity contribution in [1.82, 2.24) is 14.7 Å². The van der Waals surface area contributed by atoms with Crippen molar-refractivity contribution in [3.63, 3.8) is 0 Å². The Hall–Kier alpha value is -3.66. The highest BCUT2D eigenvalue weighted by molar-refractivity contribution is 7.80. The lowest BCUT2D eigenvalue weighted by atomic mass is 9.87. The molecule has 2 rings (SSSR count). The van der Waals surface area contributed by atoms with Gasteiger partial charge in [-0.25, -0.2) is 0 Å². The lowest BCUT2D eigenvalue weighted by Gasteiger charge is -2.45. The molecule has 15 heteroatoms. The Bertz CT molecular complexity index is 1100. The number of aliphatic carboxylic acids is 5. The number of anilines is 1. The molecular weight excluding hydrogens is 572 g/mol. The second-order valence-corrected chi connectivity index (χ2v) is 11.0. The van der Waals surface area contributed by atoms with Crippen molar-refractivity contribution in [2.75, 3.05) is 44.6 Å². The van der Waals surface area contributed by atoms with E-state index >= 15 is 0 Å². The van der Waals surface area contributed by atoms with Gasteiger partial charge in [-0.15, -0.1) is 0 Å². The number of hydrogen-bond acceptors (Lipinski definition) is 9. The fourth-order valence-electron chi connectivity index (χ4n) is 5.51. The van der Waals surface area contributed by atoms with Gasteiger partial charge in [0.15, 0.2) is 0 Å². The number of carboxylic acids is 5. The maximum absolute atomic E-state index is 12.0. The van der Waals surface area contributed by atoms with Crippen LogP contribution in [0.1, 0.15) is 38.2 Å². The predicted octanol–water partition coefficient (Wildman–Crippen LogP) is 0.997. The highest BCUT2D eigenvalue weighted by atomic mass is 32.1. The standard InChI is InChI=1S/C27H38N4O10S/c1-17(42)28-19-8-6-18(7-9-19)10-20(29(12-23(32)33)13-24(34)35)11-30(14-25(36)37)21-4-2-3-5-22(21)31(15-26(38)39)16-27(40)41/h6-9,20-22H,2-5,10-16H2,1H3,(H,28,42)(H,32,33)(H,34,35)(H,36,37)(H,38,39)(H,40,41)/t20-,21+,22+/m1/s1. The van der Waals surface area contributed by atoms with Crippen LogP contribution in [0.2, 0.25) is 0 Å². The number of nitrogens with zero attached hydrogens (tertiary/aromatic N) is 3. The number of benzene rings is 1. The van der Waals surface area contributed by atoms with Crippen LogP contribution in [0, 0.1) is 0 Å². The molecule has 6 N–H and O–H groups in total. The third-order valence-corrected chi connectivity index (χ3v) is 7.13. The van der Waals surface area contributed by atoms with Crippen molar-refractivity contribution in [1.29, 1.82) is 0 Å². The van der Waals surface area contributed by atoms with Gasteiger partial charge >= 0.3 is 29.8 Å². The van der Waals surface area contributed by atoms with Gasteiger partial charge in [-0.3, -0.25) is 38.7 Å². The maximum Gasteiger partial charge on any atom is 0.317 e. The van der Waals surface area contributed by atoms with Gasteiger partial charge in [-0.1, -0.05) is 37.2 Å². The lowest BCUT2D eigenvalue weighted by molar-refractivity contribution is -0.146. The van der Waals surface area contributed by atoms with Crippen LogP contribution >= 0.6 is 12.2 Å². The topological polar surface area (TPSA) is 208 Å². The van der Waals surface area contributed by atoms with Gasteiger partial charge in [0.2, 0.25) is 0 Å². The summed E-state index contributed by atoms with van der Waals surface area (Å²) in [6.07, 6.45) is 2.45. The molecule has 0 aliphatic heterocycles. The molecule has 1 saturated carbocycles. The zero-order valence-electron chi connectivity index (χ0n) is 23.3. The van der Waals surface area contributed by atoms with Gasteiger partial charge in [0.25, 0.3) is 0 Å². The number of carbonyl (C=O) groups is 5. The van der Waals surface area contributed by atoms with Crippen molar-refractivity contribution in [2.24, 2.45) is 0 Å². The second kappa shape index (κ2) is 16.7. The zero-order chi connectivity index (χ0) is 31.4. The molecule has 1 aliphatic rings. The van der Waals surface area contributed by atoms with Crippen LogP contribution in [0.25, 0.3) is 0 Å². The molecular formula is C27H38N4O10S. The molecule has 3 atom stereocenters. The number of rotatable bonds is 18. The third-order valence-electron chi connectivity index (χ3n) is 7.03. The SMILES string of the molecule is CC(=S)Nc1ccc(C[C@H](CN(CC(=O)O)[C@H]2CCCC[C@@H]2N(CC(=O)O)CC(=O)O)N(CC(=O)O)CC(=O)O)cc1. The molecule has 0 spiro atoms. The van der Waals surface area contributed by atoms with Gasteiger partial charge in [0, 0.05) is 30.4 Å². The second-order valence-electron chi connectivity index (χ2n) is 10.4. The Morgan fingerprint density at radius 3 is 1.62 bits per heavy atom. The van der Waals surface area contributed by atoms with Crippen LogP contribution in [0.15, 0.2) is 24.3 Å². The first kappa shape index (κ1) is 34.5. The molecule has 0 radical (unpaired) electrons. The quantitative estimate of drug-likeness (QED) is 0.128. The minimum absolute atomic E-state index is 0.0545. The van der Waals surface area contributed by atoms with Crippen LogP contribution in [0.5, 0.6) is 0 Å². The fourth-order valence-corrected chi connectivity index (χ4v) is 5.63. The summed E-state index contributed by atoms with van der Waals surface area (Å²) in [7, 11) is 0. The average Bonchev–Trinajstić information content (AvgIpc) is 2.86. The van der Waals surface area contributed by atoms with Crippen molar-refractivity contribution < 1.29 is 49.5 Å². The molecule has 1 fully saturated rings. The molecule has 1 aromatic carbocycles. The Morgan fingerprint density at radius 1 is 0.762 bits per heavy atom. The molecule has 0 unspecified atom stereocenters. The average molecular weight is 611 g/mol. The highest BCUT2D eigenvalue weighted by Gasteiger charge is 2.38. The van der Waals surface area contributed by atoms with Crippen molar-refractivity contribution in [2.45, 2.75) is 57.2 Å². The summed E-state index contributed by atoms with van der Waals surface area (Å²) in [5.74, 6) is -6.15. The molecule has 42 heavy (non-hydrogen) atoms. The molecule has 232 valence electrons. The van der Waals surface area contributed by atoms with E-state index in [1.165, 1.54) is 9.80 Å². The van der Waals surface area contributed by atoms with Gasteiger partial charge in [0.1, 0.15) is 0 Å². The van der Waals surface area contributed by atoms with E-state index in [4.69, 9.17) is 12.2 Å². The number of hydrogen-bond donors (Lipinski definition) is 6. The van der Waals surface area contributed by atoms with E-state index < -0.39 is 80.7 Å². The van der Waals surface area contributed by atoms with Gasteiger partial charge in [0.05, 0.1) is 37.7 Å². The first-order chi connectivity index (χ1) is 19.7. The monoisotopic (exact) mass is 610 g/mol. The summed E-state index contributed by atoms with van der Waals surface area (Å²) in [6.45, 7) is -1.15. The normalized spacial score (nSPS) is 17.6. The Kier molecular flexibility index (Phi) is 13.7. The summed E-state index contributed by atoms with van der Waals surface area (Å²) in [5.41, 5.74) is 1.47. The number of carboxylic acid groups (broad SMARTS) is 5. The number of nitrogens with one attached hydrogen (secondary N) is 1. The predicted molar refractivity (Wildman–Crippen MR) is 155 cm³/mol. The molecule has 0 bridgehead atoms. The van der Waals surface area contributed by atoms with Crippen LogP contribution in [0.3, 0.4) is 0 Å². The van der Waals surface area contributed by atoms with E-state index in [0.717, 1.165) is 11.3 Å². The maximum atomic E-state index is 12.0. The van der Waals surface area contributed by atoms with Crippen LogP contribution < -0.4 is 5.32 Å². The molecule has 1 aromatic rings. The van der Waals surface area contributed by atoms with E-state index in [2.05, 4.69) is 5.32 Å². The minimum Gasteiger partial charge on any atom is -0.480 e. The van der Waals surface area contributed by atoms with Gasteiger partial charge < -0.3 is 30.8 Å².